The number of hydrogen-bond acceptors (Lipinski definition) is 5. The van der Waals surface area contributed by atoms with Crippen LogP contribution in [0.1, 0.15) is 5.69 Å². The molecule has 186 valence electrons. The van der Waals surface area contributed by atoms with Gasteiger partial charge in [0, 0.05) is 48.5 Å². The topological polar surface area (TPSA) is 115 Å². The van der Waals surface area contributed by atoms with Gasteiger partial charge in [-0.2, -0.15) is 0 Å². The van der Waals surface area contributed by atoms with Crippen LogP contribution in [0.5, 0.6) is 0 Å². The molecule has 0 atom stereocenters. The molecule has 3 aromatic rings. The van der Waals surface area contributed by atoms with E-state index in [1.54, 1.807) is 41.0 Å². The maximum absolute atomic E-state index is 14.4. The molecule has 1 heterocycles. The van der Waals surface area contributed by atoms with Gasteiger partial charge in [-0.15, -0.1) is 12.4 Å². The maximum Gasteiger partial charge on any atom is 0.242 e. The van der Waals surface area contributed by atoms with Crippen molar-refractivity contribution >= 4 is 49.0 Å². The number of aromatic nitrogens is 1. The van der Waals surface area contributed by atoms with E-state index >= 15 is 0 Å². The molecule has 0 saturated carbocycles. The number of nitrogens with zero attached hydrogens (tertiary/aromatic N) is 2. The lowest BCUT2D eigenvalue weighted by Gasteiger charge is -2.13. The third kappa shape index (κ3) is 5.78. The van der Waals surface area contributed by atoms with Crippen LogP contribution >= 0.6 is 12.4 Å². The SMILES string of the molecule is Cc1c(-c2cccc(S(=O)(=O)N(C)C)c2)c2cc(NS(C)(=O)=O)ccc2n1C/C(F)=C/CN.Cl. The van der Waals surface area contributed by atoms with Gasteiger partial charge in [-0.05, 0) is 48.9 Å². The van der Waals surface area contributed by atoms with E-state index < -0.39 is 25.9 Å². The molecular weight excluding hydrogens is 503 g/mol. The molecule has 1 aromatic heterocycles. The quantitative estimate of drug-likeness (QED) is 0.463. The number of hydrogen-bond donors (Lipinski definition) is 2. The highest BCUT2D eigenvalue weighted by atomic mass is 35.5. The van der Waals surface area contributed by atoms with Crippen molar-refractivity contribution in [3.63, 3.8) is 0 Å². The average Bonchev–Trinajstić information content (AvgIpc) is 2.97. The smallest absolute Gasteiger partial charge is 0.242 e. The fraction of sp³-hybridized carbons (Fsp3) is 0.273. The van der Waals surface area contributed by atoms with E-state index in [1.807, 2.05) is 6.92 Å². The molecule has 0 bridgehead atoms. The van der Waals surface area contributed by atoms with E-state index in [2.05, 4.69) is 4.72 Å². The normalized spacial score (nSPS) is 12.7. The number of anilines is 1. The Hall–Kier alpha value is -2.44. The molecule has 0 saturated heterocycles. The van der Waals surface area contributed by atoms with E-state index in [0.717, 1.165) is 10.6 Å². The fourth-order valence-electron chi connectivity index (χ4n) is 3.69. The minimum Gasteiger partial charge on any atom is -0.337 e. The van der Waals surface area contributed by atoms with Crippen molar-refractivity contribution in [2.75, 3.05) is 31.6 Å². The van der Waals surface area contributed by atoms with Crippen LogP contribution in [0.2, 0.25) is 0 Å². The molecule has 8 nitrogen and oxygen atoms in total. The number of sulfonamides is 2. The number of rotatable bonds is 8. The zero-order valence-electron chi connectivity index (χ0n) is 19.2. The molecule has 0 aliphatic rings. The van der Waals surface area contributed by atoms with Crippen LogP contribution in [0.4, 0.5) is 10.1 Å². The van der Waals surface area contributed by atoms with E-state index in [-0.39, 0.29) is 30.4 Å². The third-order valence-corrected chi connectivity index (χ3v) is 7.59. The molecule has 2 aromatic carbocycles. The van der Waals surface area contributed by atoms with Gasteiger partial charge in [0.1, 0.15) is 5.83 Å². The van der Waals surface area contributed by atoms with Gasteiger partial charge >= 0.3 is 0 Å². The molecule has 0 spiro atoms. The van der Waals surface area contributed by atoms with Crippen molar-refractivity contribution < 1.29 is 21.2 Å². The van der Waals surface area contributed by atoms with Gasteiger partial charge in [0.2, 0.25) is 20.0 Å². The Labute approximate surface area is 205 Å². The first-order chi connectivity index (χ1) is 15.3. The van der Waals surface area contributed by atoms with Crippen LogP contribution in [0.15, 0.2) is 59.3 Å². The second kappa shape index (κ2) is 10.4. The Kier molecular flexibility index (Phi) is 8.54. The lowest BCUT2D eigenvalue weighted by Crippen LogP contribution is -2.22. The number of halogens is 2. The predicted molar refractivity (Wildman–Crippen MR) is 137 cm³/mol. The summed E-state index contributed by atoms with van der Waals surface area (Å²) < 4.78 is 68.6. The molecule has 3 N–H and O–H groups in total. The zero-order chi connectivity index (χ0) is 24.6. The van der Waals surface area contributed by atoms with Crippen molar-refractivity contribution in [2.24, 2.45) is 5.73 Å². The summed E-state index contributed by atoms with van der Waals surface area (Å²) in [5.41, 5.74) is 8.44. The summed E-state index contributed by atoms with van der Waals surface area (Å²) in [7, 11) is -4.28. The first-order valence-corrected chi connectivity index (χ1v) is 13.4. The van der Waals surface area contributed by atoms with Gasteiger partial charge in [-0.1, -0.05) is 12.1 Å². The summed E-state index contributed by atoms with van der Waals surface area (Å²) in [6.45, 7) is 1.81. The summed E-state index contributed by atoms with van der Waals surface area (Å²) in [5.74, 6) is -0.411. The molecule has 0 amide bonds. The van der Waals surface area contributed by atoms with Crippen LogP contribution < -0.4 is 10.5 Å². The second-order valence-electron chi connectivity index (χ2n) is 7.85. The summed E-state index contributed by atoms with van der Waals surface area (Å²) in [5, 5.41) is 0.654. The molecule has 34 heavy (non-hydrogen) atoms. The Morgan fingerprint density at radius 3 is 2.41 bits per heavy atom. The zero-order valence-corrected chi connectivity index (χ0v) is 21.7. The number of benzene rings is 2. The highest BCUT2D eigenvalue weighted by Gasteiger charge is 2.21. The van der Waals surface area contributed by atoms with E-state index in [4.69, 9.17) is 5.73 Å². The molecule has 3 rings (SSSR count). The largest absolute Gasteiger partial charge is 0.337 e. The van der Waals surface area contributed by atoms with E-state index in [0.29, 0.717) is 33.4 Å². The Bertz CT molecular complexity index is 1450. The molecule has 0 unspecified atom stereocenters. The molecule has 0 fully saturated rings. The van der Waals surface area contributed by atoms with Gasteiger partial charge < -0.3 is 10.3 Å². The number of nitrogens with one attached hydrogen (secondary N) is 1. The summed E-state index contributed by atoms with van der Waals surface area (Å²) in [6, 6.07) is 11.4. The summed E-state index contributed by atoms with van der Waals surface area (Å²) in [4.78, 5) is 0.116. The number of fused-ring (bicyclic) bond motifs is 1. The Morgan fingerprint density at radius 1 is 1.15 bits per heavy atom. The molecule has 0 aliphatic heterocycles. The average molecular weight is 531 g/mol. The van der Waals surface area contributed by atoms with Crippen molar-refractivity contribution in [3.8, 4) is 11.1 Å². The van der Waals surface area contributed by atoms with Crippen LogP contribution in [-0.4, -0.2) is 52.6 Å². The molecule has 0 radical (unpaired) electrons. The second-order valence-corrected chi connectivity index (χ2v) is 11.8. The first-order valence-electron chi connectivity index (χ1n) is 10.0. The minimum atomic E-state index is -3.67. The van der Waals surface area contributed by atoms with Crippen molar-refractivity contribution in [1.29, 1.82) is 0 Å². The van der Waals surface area contributed by atoms with Crippen molar-refractivity contribution in [2.45, 2.75) is 18.4 Å². The third-order valence-electron chi connectivity index (χ3n) is 5.18. The fourth-order valence-corrected chi connectivity index (χ4v) is 5.20. The highest BCUT2D eigenvalue weighted by Crippen LogP contribution is 2.37. The Balaban J connectivity index is 0.00000408. The molecular formula is C22H28ClFN4O4S2. The number of allylic oxidation sites excluding steroid dienone is 1. The lowest BCUT2D eigenvalue weighted by molar-refractivity contribution is 0.521. The summed E-state index contributed by atoms with van der Waals surface area (Å²) in [6.07, 6.45) is 2.34. The van der Waals surface area contributed by atoms with Crippen LogP contribution in [-0.2, 0) is 26.6 Å². The van der Waals surface area contributed by atoms with Crippen LogP contribution in [0, 0.1) is 6.92 Å². The van der Waals surface area contributed by atoms with E-state index in [1.165, 1.54) is 26.2 Å². The van der Waals surface area contributed by atoms with Gasteiger partial charge in [-0.25, -0.2) is 25.5 Å². The number of nitrogens with two attached hydrogens (primary N) is 1. The van der Waals surface area contributed by atoms with Crippen molar-refractivity contribution in [1.82, 2.24) is 8.87 Å². The van der Waals surface area contributed by atoms with E-state index in [9.17, 15) is 21.2 Å². The van der Waals surface area contributed by atoms with Gasteiger partial charge in [0.05, 0.1) is 17.7 Å². The monoisotopic (exact) mass is 530 g/mol. The first kappa shape index (κ1) is 27.8. The van der Waals surface area contributed by atoms with Crippen LogP contribution in [0.25, 0.3) is 22.0 Å². The Morgan fingerprint density at radius 2 is 1.82 bits per heavy atom. The highest BCUT2D eigenvalue weighted by molar-refractivity contribution is 7.92. The van der Waals surface area contributed by atoms with Crippen molar-refractivity contribution in [3.05, 3.63) is 60.1 Å². The van der Waals surface area contributed by atoms with Crippen LogP contribution in [0.3, 0.4) is 0 Å². The molecule has 0 aliphatic carbocycles. The predicted octanol–water partition coefficient (Wildman–Crippen LogP) is 3.47. The standard InChI is InChI=1S/C22H27FN4O4S2.ClH/c1-15-22(16-6-5-7-19(12-16)33(30,31)26(2)3)20-13-18(25-32(4,28)29)8-9-21(20)27(15)14-17(23)10-11-24;/h5-10,12-13,25H,11,14,24H2,1-4H3;1H/b17-10-;. The maximum atomic E-state index is 14.4. The van der Waals surface area contributed by atoms with Gasteiger partial charge in [0.25, 0.3) is 0 Å². The molecule has 12 heteroatoms. The summed E-state index contributed by atoms with van der Waals surface area (Å²) >= 11 is 0. The van der Waals surface area contributed by atoms with Gasteiger partial charge in [-0.3, -0.25) is 4.72 Å². The lowest BCUT2D eigenvalue weighted by atomic mass is 10.0. The minimum absolute atomic E-state index is 0. The van der Waals surface area contributed by atoms with Gasteiger partial charge in [0.15, 0.2) is 0 Å².